The molecule has 0 fully saturated rings. The number of hydrogen-bond donors (Lipinski definition) is 0. The summed E-state index contributed by atoms with van der Waals surface area (Å²) in [7, 11) is 2.17. The molecule has 1 heterocycles. The van der Waals surface area contributed by atoms with Crippen molar-refractivity contribution in [3.8, 4) is 0 Å². The van der Waals surface area contributed by atoms with Gasteiger partial charge in [-0.2, -0.15) is 0 Å². The molecule has 0 bridgehead atoms. The first kappa shape index (κ1) is 12.0. The summed E-state index contributed by atoms with van der Waals surface area (Å²) in [5, 5.41) is 1.42. The lowest BCUT2D eigenvalue weighted by Gasteiger charge is -2.05. The Hall–Kier alpha value is -0.0300. The molecule has 0 spiro atoms. The van der Waals surface area contributed by atoms with Gasteiger partial charge in [-0.05, 0) is 0 Å². The molecule has 2 rings (SSSR count). The summed E-state index contributed by atoms with van der Waals surface area (Å²) in [5.41, 5.74) is 1.43. The molecule has 1 atom stereocenters. The maximum Gasteiger partial charge on any atom is 0.208 e. The van der Waals surface area contributed by atoms with E-state index in [0.29, 0.717) is 6.04 Å². The van der Waals surface area contributed by atoms with Crippen LogP contribution in [-0.2, 0) is 0 Å². The van der Waals surface area contributed by atoms with Crippen LogP contribution in [-0.4, -0.2) is 22.4 Å². The minimum atomic E-state index is 0. The predicted octanol–water partition coefficient (Wildman–Crippen LogP) is -0.461. The van der Waals surface area contributed by atoms with Crippen molar-refractivity contribution in [1.82, 2.24) is 0 Å². The lowest BCUT2D eigenvalue weighted by atomic mass is 10.1. The second-order valence-corrected chi connectivity index (χ2v) is 4.58. The van der Waals surface area contributed by atoms with E-state index in [9.17, 15) is 0 Å². The fraction of sp³-hybridized carbons (Fsp3) is 0.364. The summed E-state index contributed by atoms with van der Waals surface area (Å²) in [6, 6.07) is 11.3. The van der Waals surface area contributed by atoms with Crippen LogP contribution in [0.15, 0.2) is 30.3 Å². The molecular formula is C11H14INS. The number of halogens is 1. The van der Waals surface area contributed by atoms with Gasteiger partial charge in [-0.1, -0.05) is 42.1 Å². The molecule has 0 unspecified atom stereocenters. The highest BCUT2D eigenvalue weighted by molar-refractivity contribution is 8.13. The smallest absolute Gasteiger partial charge is 0.208 e. The first-order valence-corrected chi connectivity index (χ1v) is 5.52. The quantitative estimate of drug-likeness (QED) is 0.500. The van der Waals surface area contributed by atoms with E-state index >= 15 is 0 Å². The Labute approximate surface area is 107 Å². The largest absolute Gasteiger partial charge is 1.00 e. The molecule has 76 valence electrons. The van der Waals surface area contributed by atoms with Crippen LogP contribution in [0, 0.1) is 0 Å². The molecule has 0 saturated heterocycles. The van der Waals surface area contributed by atoms with Gasteiger partial charge in [0.2, 0.25) is 5.04 Å². The normalized spacial score (nSPS) is 20.9. The van der Waals surface area contributed by atoms with E-state index in [2.05, 4.69) is 48.9 Å². The zero-order valence-corrected chi connectivity index (χ0v) is 11.4. The molecule has 1 aliphatic heterocycles. The highest BCUT2D eigenvalue weighted by atomic mass is 127. The van der Waals surface area contributed by atoms with E-state index in [-0.39, 0.29) is 24.0 Å². The highest BCUT2D eigenvalue weighted by Gasteiger charge is 2.29. The van der Waals surface area contributed by atoms with Gasteiger partial charge in [0.1, 0.15) is 7.05 Å². The zero-order chi connectivity index (χ0) is 9.26. The van der Waals surface area contributed by atoms with Crippen LogP contribution in [0.5, 0.6) is 0 Å². The molecule has 1 aromatic carbocycles. The monoisotopic (exact) mass is 319 g/mol. The fourth-order valence-electron chi connectivity index (χ4n) is 1.63. The molecule has 0 saturated carbocycles. The van der Waals surface area contributed by atoms with Crippen LogP contribution in [0.1, 0.15) is 18.5 Å². The molecule has 0 aliphatic carbocycles. The van der Waals surface area contributed by atoms with Crippen molar-refractivity contribution in [2.45, 2.75) is 13.0 Å². The van der Waals surface area contributed by atoms with E-state index in [1.807, 2.05) is 11.8 Å². The van der Waals surface area contributed by atoms with Crippen LogP contribution in [0.3, 0.4) is 0 Å². The van der Waals surface area contributed by atoms with E-state index in [1.54, 1.807) is 0 Å². The summed E-state index contributed by atoms with van der Waals surface area (Å²) in [6.45, 7) is 2.19. The van der Waals surface area contributed by atoms with Crippen molar-refractivity contribution >= 4 is 16.8 Å². The molecule has 3 heteroatoms. The number of nitrogens with zero attached hydrogens (tertiary/aromatic N) is 1. The molecule has 0 N–H and O–H groups in total. The Bertz CT molecular complexity index is 334. The van der Waals surface area contributed by atoms with Crippen LogP contribution in [0.2, 0.25) is 0 Å². The Morgan fingerprint density at radius 1 is 1.29 bits per heavy atom. The van der Waals surface area contributed by atoms with Crippen LogP contribution >= 0.6 is 11.8 Å². The topological polar surface area (TPSA) is 3.01 Å². The second kappa shape index (κ2) is 5.16. The average Bonchev–Trinajstić information content (AvgIpc) is 2.49. The Morgan fingerprint density at radius 2 is 1.93 bits per heavy atom. The molecule has 14 heavy (non-hydrogen) atoms. The summed E-state index contributed by atoms with van der Waals surface area (Å²) in [4.78, 5) is 0. The van der Waals surface area contributed by atoms with E-state index < -0.39 is 0 Å². The fourth-order valence-corrected chi connectivity index (χ4v) is 2.77. The Morgan fingerprint density at radius 3 is 2.43 bits per heavy atom. The van der Waals surface area contributed by atoms with Crippen molar-refractivity contribution in [1.29, 1.82) is 0 Å². The number of benzene rings is 1. The maximum absolute atomic E-state index is 2.36. The average molecular weight is 319 g/mol. The van der Waals surface area contributed by atoms with Gasteiger partial charge in [0.15, 0.2) is 6.04 Å². The van der Waals surface area contributed by atoms with Gasteiger partial charge in [-0.3, -0.25) is 0 Å². The van der Waals surface area contributed by atoms with Crippen LogP contribution < -0.4 is 24.0 Å². The summed E-state index contributed by atoms with van der Waals surface area (Å²) >= 11 is 1.95. The summed E-state index contributed by atoms with van der Waals surface area (Å²) in [5.74, 6) is 1.19. The summed E-state index contributed by atoms with van der Waals surface area (Å²) < 4.78 is 2.36. The third kappa shape index (κ3) is 2.31. The third-order valence-electron chi connectivity index (χ3n) is 2.60. The molecule has 1 aromatic rings. The SMILES string of the molecule is CC1=[N+](C)[C@H](c2ccccc2)CS1.[I-]. The van der Waals surface area contributed by atoms with Gasteiger partial charge < -0.3 is 24.0 Å². The Balaban J connectivity index is 0.000000980. The lowest BCUT2D eigenvalue weighted by molar-refractivity contribution is -0.533. The second-order valence-electron chi connectivity index (χ2n) is 3.37. The standard InChI is InChI=1S/C11H14NS.HI/c1-9-12(2)11(8-13-9)10-6-4-3-5-7-10;/h3-7,11H,8H2,1-2H3;1H/q+1;/p-1/t11-;/m0./s1. The minimum absolute atomic E-state index is 0. The van der Waals surface area contributed by atoms with Gasteiger partial charge in [0, 0.05) is 12.5 Å². The number of thioether (sulfide) groups is 1. The van der Waals surface area contributed by atoms with Crippen molar-refractivity contribution in [3.05, 3.63) is 35.9 Å². The molecule has 1 nitrogen and oxygen atoms in total. The predicted molar refractivity (Wildman–Crippen MR) is 58.5 cm³/mol. The lowest BCUT2D eigenvalue weighted by Crippen LogP contribution is -3.00. The molecular weight excluding hydrogens is 305 g/mol. The minimum Gasteiger partial charge on any atom is -1.00 e. The number of hydrogen-bond acceptors (Lipinski definition) is 1. The third-order valence-corrected chi connectivity index (χ3v) is 3.79. The number of rotatable bonds is 1. The summed E-state index contributed by atoms with van der Waals surface area (Å²) in [6.07, 6.45) is 0. The molecule has 0 amide bonds. The van der Waals surface area contributed by atoms with Gasteiger partial charge in [-0.25, -0.2) is 4.58 Å². The van der Waals surface area contributed by atoms with Crippen LogP contribution in [0.4, 0.5) is 0 Å². The van der Waals surface area contributed by atoms with E-state index in [4.69, 9.17) is 0 Å². The van der Waals surface area contributed by atoms with Crippen molar-refractivity contribution < 1.29 is 28.6 Å². The molecule has 1 aliphatic rings. The highest BCUT2D eigenvalue weighted by Crippen LogP contribution is 2.28. The van der Waals surface area contributed by atoms with Gasteiger partial charge >= 0.3 is 0 Å². The van der Waals surface area contributed by atoms with E-state index in [0.717, 1.165) is 0 Å². The van der Waals surface area contributed by atoms with E-state index in [1.165, 1.54) is 16.4 Å². The van der Waals surface area contributed by atoms with Gasteiger partial charge in [0.05, 0.1) is 5.75 Å². The van der Waals surface area contributed by atoms with Crippen molar-refractivity contribution in [2.75, 3.05) is 12.8 Å². The maximum atomic E-state index is 2.36. The van der Waals surface area contributed by atoms with Crippen molar-refractivity contribution in [2.24, 2.45) is 0 Å². The van der Waals surface area contributed by atoms with Crippen LogP contribution in [0.25, 0.3) is 0 Å². The van der Waals surface area contributed by atoms with Crippen molar-refractivity contribution in [3.63, 3.8) is 0 Å². The first-order valence-electron chi connectivity index (χ1n) is 4.53. The molecule has 0 radical (unpaired) electrons. The zero-order valence-electron chi connectivity index (χ0n) is 8.40. The van der Waals surface area contributed by atoms with Gasteiger partial charge in [0.25, 0.3) is 0 Å². The van der Waals surface area contributed by atoms with Gasteiger partial charge in [-0.15, -0.1) is 0 Å². The Kier molecular flexibility index (Phi) is 4.44. The first-order chi connectivity index (χ1) is 6.29. The molecule has 0 aromatic heterocycles.